The molecule has 1 unspecified atom stereocenters. The zero-order valence-corrected chi connectivity index (χ0v) is 13.3. The van der Waals surface area contributed by atoms with Crippen molar-refractivity contribution in [2.45, 2.75) is 32.0 Å². The van der Waals surface area contributed by atoms with Gasteiger partial charge in [-0.3, -0.25) is 0 Å². The van der Waals surface area contributed by atoms with E-state index >= 15 is 0 Å². The summed E-state index contributed by atoms with van der Waals surface area (Å²) in [5.41, 5.74) is -0.755. The molecule has 130 valence electrons. The highest BCUT2D eigenvalue weighted by Gasteiger charge is 2.36. The van der Waals surface area contributed by atoms with Crippen LogP contribution in [-0.2, 0) is 6.18 Å². The van der Waals surface area contributed by atoms with Crippen molar-refractivity contribution in [1.29, 1.82) is 0 Å². The number of furan rings is 1. The number of hydrogen-bond donors (Lipinski definition) is 1. The lowest BCUT2D eigenvalue weighted by molar-refractivity contribution is -0.137. The number of aromatic nitrogens is 2. The topological polar surface area (TPSA) is 54.2 Å². The first-order chi connectivity index (χ1) is 11.5. The Morgan fingerprint density at radius 3 is 2.88 bits per heavy atom. The molecule has 24 heavy (non-hydrogen) atoms. The summed E-state index contributed by atoms with van der Waals surface area (Å²) in [5.74, 6) is 0.0372. The van der Waals surface area contributed by atoms with Crippen molar-refractivity contribution in [3.05, 3.63) is 30.0 Å². The Labute approximate surface area is 137 Å². The Bertz CT molecular complexity index is 672. The summed E-state index contributed by atoms with van der Waals surface area (Å²) >= 11 is 0. The highest BCUT2D eigenvalue weighted by atomic mass is 19.4. The molecule has 3 rings (SSSR count). The Hall–Kier alpha value is -2.09. The van der Waals surface area contributed by atoms with Crippen LogP contribution in [0.1, 0.15) is 25.3 Å². The van der Waals surface area contributed by atoms with Crippen molar-refractivity contribution in [3.8, 4) is 11.5 Å². The van der Waals surface area contributed by atoms with Gasteiger partial charge >= 0.3 is 6.18 Å². The molecule has 1 saturated heterocycles. The number of halogens is 3. The second-order valence-corrected chi connectivity index (χ2v) is 5.84. The van der Waals surface area contributed by atoms with Crippen LogP contribution in [0, 0.1) is 0 Å². The predicted molar refractivity (Wildman–Crippen MR) is 83.5 cm³/mol. The minimum absolute atomic E-state index is 0.0661. The summed E-state index contributed by atoms with van der Waals surface area (Å²) in [4.78, 5) is 2.21. The van der Waals surface area contributed by atoms with Crippen LogP contribution in [0.2, 0.25) is 0 Å². The number of nitrogens with zero attached hydrogens (tertiary/aromatic N) is 3. The molecule has 3 heterocycles. The molecule has 0 radical (unpaired) electrons. The van der Waals surface area contributed by atoms with Crippen LogP contribution >= 0.6 is 0 Å². The maximum absolute atomic E-state index is 13.4. The van der Waals surface area contributed by atoms with Gasteiger partial charge in [0.05, 0.1) is 6.26 Å². The van der Waals surface area contributed by atoms with Crippen LogP contribution in [0.15, 0.2) is 28.9 Å². The first-order valence-electron chi connectivity index (χ1n) is 7.95. The number of hydrogen-bond acceptors (Lipinski definition) is 5. The van der Waals surface area contributed by atoms with E-state index in [-0.39, 0.29) is 23.3 Å². The summed E-state index contributed by atoms with van der Waals surface area (Å²) in [6.45, 7) is 4.61. The van der Waals surface area contributed by atoms with E-state index in [4.69, 9.17) is 4.42 Å². The molecule has 0 aliphatic carbocycles. The molecule has 5 nitrogen and oxygen atoms in total. The maximum atomic E-state index is 13.4. The summed E-state index contributed by atoms with van der Waals surface area (Å²) < 4.78 is 45.4. The second kappa shape index (κ2) is 6.80. The number of nitrogens with one attached hydrogen (secondary N) is 1. The monoisotopic (exact) mass is 340 g/mol. The quantitative estimate of drug-likeness (QED) is 0.921. The van der Waals surface area contributed by atoms with Gasteiger partial charge in [0.25, 0.3) is 0 Å². The Kier molecular flexibility index (Phi) is 4.75. The van der Waals surface area contributed by atoms with E-state index in [2.05, 4.69) is 20.4 Å². The number of alkyl halides is 3. The normalized spacial score (nSPS) is 19.4. The number of anilines is 1. The fourth-order valence-corrected chi connectivity index (χ4v) is 2.91. The number of likely N-dealkylation sites (tertiary alicyclic amines) is 1. The molecule has 1 atom stereocenters. The molecule has 2 aromatic rings. The third-order valence-corrected chi connectivity index (χ3v) is 4.17. The molecule has 0 amide bonds. The van der Waals surface area contributed by atoms with Crippen LogP contribution in [0.25, 0.3) is 11.5 Å². The molecule has 1 aliphatic rings. The molecular formula is C16H19F3N4O. The largest absolute Gasteiger partial charge is 0.463 e. The molecule has 0 spiro atoms. The standard InChI is InChI=1S/C16H19F3N4O/c1-2-23-7-3-5-11(10-23)20-15-12(16(17,18)19)9-13(21-22-15)14-6-4-8-24-14/h4,6,8-9,11H,2-3,5,7,10H2,1H3,(H,20,22). The van der Waals surface area contributed by atoms with Gasteiger partial charge in [-0.1, -0.05) is 6.92 Å². The smallest absolute Gasteiger partial charge is 0.420 e. The minimum atomic E-state index is -4.52. The van der Waals surface area contributed by atoms with Crippen molar-refractivity contribution in [2.24, 2.45) is 0 Å². The van der Waals surface area contributed by atoms with E-state index in [0.717, 1.165) is 32.0 Å². The van der Waals surface area contributed by atoms with E-state index in [9.17, 15) is 13.2 Å². The summed E-state index contributed by atoms with van der Waals surface area (Å²) in [5, 5.41) is 10.6. The van der Waals surface area contributed by atoms with Crippen LogP contribution in [-0.4, -0.2) is 40.8 Å². The van der Waals surface area contributed by atoms with Crippen molar-refractivity contribution in [1.82, 2.24) is 15.1 Å². The van der Waals surface area contributed by atoms with Crippen LogP contribution < -0.4 is 5.32 Å². The van der Waals surface area contributed by atoms with E-state index in [1.807, 2.05) is 6.92 Å². The summed E-state index contributed by atoms with van der Waals surface area (Å²) in [6, 6.07) is 4.06. The molecule has 1 N–H and O–H groups in total. The van der Waals surface area contributed by atoms with Crippen molar-refractivity contribution in [3.63, 3.8) is 0 Å². The third-order valence-electron chi connectivity index (χ3n) is 4.17. The molecule has 0 saturated carbocycles. The van der Waals surface area contributed by atoms with E-state index in [0.29, 0.717) is 6.54 Å². The molecule has 2 aromatic heterocycles. The number of likely N-dealkylation sites (N-methyl/N-ethyl adjacent to an activating group) is 1. The van der Waals surface area contributed by atoms with E-state index < -0.39 is 11.7 Å². The lowest BCUT2D eigenvalue weighted by Gasteiger charge is -2.32. The molecular weight excluding hydrogens is 321 g/mol. The zero-order valence-electron chi connectivity index (χ0n) is 13.3. The zero-order chi connectivity index (χ0) is 17.2. The van der Waals surface area contributed by atoms with Gasteiger partial charge in [-0.15, -0.1) is 10.2 Å². The molecule has 0 bridgehead atoms. The van der Waals surface area contributed by atoms with Gasteiger partial charge in [-0.2, -0.15) is 13.2 Å². The maximum Gasteiger partial charge on any atom is 0.420 e. The average Bonchev–Trinajstić information content (AvgIpc) is 3.09. The van der Waals surface area contributed by atoms with Gasteiger partial charge in [0.2, 0.25) is 0 Å². The average molecular weight is 340 g/mol. The van der Waals surface area contributed by atoms with Gasteiger partial charge in [0.1, 0.15) is 11.3 Å². The molecule has 1 aliphatic heterocycles. The van der Waals surface area contributed by atoms with E-state index in [1.165, 1.54) is 6.26 Å². The Morgan fingerprint density at radius 1 is 1.38 bits per heavy atom. The van der Waals surface area contributed by atoms with E-state index in [1.54, 1.807) is 12.1 Å². The summed E-state index contributed by atoms with van der Waals surface area (Å²) in [7, 11) is 0. The van der Waals surface area contributed by atoms with Crippen LogP contribution in [0.5, 0.6) is 0 Å². The van der Waals surface area contributed by atoms with Crippen molar-refractivity contribution >= 4 is 5.82 Å². The van der Waals surface area contributed by atoms with Crippen molar-refractivity contribution in [2.75, 3.05) is 25.0 Å². The van der Waals surface area contributed by atoms with Gasteiger partial charge in [-0.05, 0) is 44.1 Å². The lowest BCUT2D eigenvalue weighted by atomic mass is 10.1. The Morgan fingerprint density at radius 2 is 2.21 bits per heavy atom. The van der Waals surface area contributed by atoms with Gasteiger partial charge in [0, 0.05) is 12.6 Å². The highest BCUT2D eigenvalue weighted by Crippen LogP contribution is 2.36. The minimum Gasteiger partial charge on any atom is -0.463 e. The Balaban J connectivity index is 1.87. The molecule has 0 aromatic carbocycles. The fourth-order valence-electron chi connectivity index (χ4n) is 2.91. The van der Waals surface area contributed by atoms with Crippen molar-refractivity contribution < 1.29 is 17.6 Å². The van der Waals surface area contributed by atoms with Gasteiger partial charge in [-0.25, -0.2) is 0 Å². The second-order valence-electron chi connectivity index (χ2n) is 5.84. The van der Waals surface area contributed by atoms with Gasteiger partial charge < -0.3 is 14.6 Å². The fraction of sp³-hybridized carbons (Fsp3) is 0.500. The molecule has 1 fully saturated rings. The number of piperidine rings is 1. The highest BCUT2D eigenvalue weighted by molar-refractivity contribution is 5.57. The first kappa shape index (κ1) is 16.8. The first-order valence-corrected chi connectivity index (χ1v) is 7.95. The third kappa shape index (κ3) is 3.69. The van der Waals surface area contributed by atoms with Gasteiger partial charge in [0.15, 0.2) is 11.6 Å². The molecule has 8 heteroatoms. The SMILES string of the molecule is CCN1CCCC(Nc2nnc(-c3ccco3)cc2C(F)(F)F)C1. The van der Waals surface area contributed by atoms with Crippen LogP contribution in [0.3, 0.4) is 0 Å². The predicted octanol–water partition coefficient (Wildman–Crippen LogP) is 3.65. The summed E-state index contributed by atoms with van der Waals surface area (Å²) in [6.07, 6.45) is -1.36. The number of rotatable bonds is 4. The van der Waals surface area contributed by atoms with Crippen LogP contribution in [0.4, 0.5) is 19.0 Å². The lowest BCUT2D eigenvalue weighted by Crippen LogP contribution is -2.42.